The van der Waals surface area contributed by atoms with E-state index in [9.17, 15) is 18.0 Å². The number of alkyl halides is 3. The van der Waals surface area contributed by atoms with Crippen LogP contribution in [-0.4, -0.2) is 51.4 Å². The highest BCUT2D eigenvalue weighted by Crippen LogP contribution is 2.38. The smallest absolute Gasteiger partial charge is 0.345 e. The fourth-order valence-corrected chi connectivity index (χ4v) is 4.12. The number of hydrogen-bond donors (Lipinski definition) is 2. The zero-order valence-corrected chi connectivity index (χ0v) is 17.1. The highest BCUT2D eigenvalue weighted by atomic mass is 32.2. The number of aliphatic imine (C=N–C) groups is 1. The number of carbonyl (C=O) groups is 1. The molecule has 3 rings (SSSR count). The van der Waals surface area contributed by atoms with Gasteiger partial charge in [-0.15, -0.1) is 0 Å². The minimum absolute atomic E-state index is 0.00340. The fourth-order valence-electron chi connectivity index (χ4n) is 2.97. The number of aromatic nitrogens is 3. The van der Waals surface area contributed by atoms with E-state index in [0.29, 0.717) is 17.8 Å². The van der Waals surface area contributed by atoms with Gasteiger partial charge in [-0.3, -0.25) is 9.78 Å². The van der Waals surface area contributed by atoms with Crippen LogP contribution in [0.3, 0.4) is 0 Å². The molecule has 31 heavy (non-hydrogen) atoms. The van der Waals surface area contributed by atoms with E-state index in [0.717, 1.165) is 24.2 Å². The van der Waals surface area contributed by atoms with Crippen LogP contribution >= 0.6 is 11.8 Å². The van der Waals surface area contributed by atoms with Gasteiger partial charge in [0.2, 0.25) is 12.7 Å². The summed E-state index contributed by atoms with van der Waals surface area (Å²) in [6, 6.07) is 3.19. The summed E-state index contributed by atoms with van der Waals surface area (Å²) in [6.45, 7) is -2.34. The third-order valence-corrected chi connectivity index (χ3v) is 5.28. The van der Waals surface area contributed by atoms with Gasteiger partial charge in [0, 0.05) is 17.1 Å². The topological polar surface area (TPSA) is 125 Å². The largest absolute Gasteiger partial charge is 0.445 e. The molecular formula is C18H19F3N6O3S. The summed E-state index contributed by atoms with van der Waals surface area (Å²) in [5, 5.41) is 2.56. The molecule has 0 aliphatic carbocycles. The van der Waals surface area contributed by atoms with Crippen LogP contribution in [0.4, 0.5) is 18.9 Å². The zero-order valence-electron chi connectivity index (χ0n) is 16.3. The number of pyridine rings is 1. The molecule has 9 nitrogen and oxygen atoms in total. The number of hydrogen-bond acceptors (Lipinski definition) is 9. The van der Waals surface area contributed by atoms with Crippen molar-refractivity contribution < 1.29 is 27.4 Å². The van der Waals surface area contributed by atoms with Gasteiger partial charge in [0.25, 0.3) is 5.91 Å². The Labute approximate surface area is 179 Å². The summed E-state index contributed by atoms with van der Waals surface area (Å²) in [4.78, 5) is 28.8. The van der Waals surface area contributed by atoms with Crippen LogP contribution in [0.2, 0.25) is 0 Å². The average molecular weight is 456 g/mol. The second-order valence-corrected chi connectivity index (χ2v) is 7.96. The molecular weight excluding hydrogens is 437 g/mol. The van der Waals surface area contributed by atoms with Crippen molar-refractivity contribution in [3.63, 3.8) is 0 Å². The van der Waals surface area contributed by atoms with Gasteiger partial charge in [-0.2, -0.15) is 8.78 Å². The minimum Gasteiger partial charge on any atom is -0.445 e. The lowest BCUT2D eigenvalue weighted by molar-refractivity contribution is -0.128. The second-order valence-electron chi connectivity index (χ2n) is 6.64. The Bertz CT molecular complexity index is 949. The summed E-state index contributed by atoms with van der Waals surface area (Å²) in [6.07, 6.45) is 4.13. The molecule has 2 atom stereocenters. The average Bonchev–Trinajstić information content (AvgIpc) is 2.73. The number of rotatable bonds is 8. The number of nitrogens with zero attached hydrogens (tertiary/aromatic N) is 4. The maximum Gasteiger partial charge on any atom is 0.345 e. The summed E-state index contributed by atoms with van der Waals surface area (Å²) < 4.78 is 45.9. The Morgan fingerprint density at radius 2 is 2.19 bits per heavy atom. The number of halogens is 3. The second kappa shape index (κ2) is 9.92. The van der Waals surface area contributed by atoms with E-state index in [-0.39, 0.29) is 28.6 Å². The first-order chi connectivity index (χ1) is 14.8. The van der Waals surface area contributed by atoms with Crippen LogP contribution in [0.25, 0.3) is 0 Å². The van der Waals surface area contributed by atoms with E-state index < -0.39 is 24.9 Å². The molecule has 0 radical (unpaired) electrons. The summed E-state index contributed by atoms with van der Waals surface area (Å²) in [7, 11) is 0. The van der Waals surface area contributed by atoms with Crippen molar-refractivity contribution in [3.8, 4) is 5.88 Å². The number of amides is 1. The molecule has 3 heterocycles. The van der Waals surface area contributed by atoms with Gasteiger partial charge < -0.3 is 20.5 Å². The number of amidine groups is 1. The maximum absolute atomic E-state index is 12.4. The Morgan fingerprint density at radius 1 is 1.39 bits per heavy atom. The van der Waals surface area contributed by atoms with Gasteiger partial charge >= 0.3 is 6.61 Å². The van der Waals surface area contributed by atoms with E-state index in [2.05, 4.69) is 34.7 Å². The van der Waals surface area contributed by atoms with Crippen molar-refractivity contribution in [3.05, 3.63) is 42.1 Å². The van der Waals surface area contributed by atoms with Crippen molar-refractivity contribution in [1.82, 2.24) is 15.0 Å². The number of nitrogens with one attached hydrogen (secondary N) is 1. The summed E-state index contributed by atoms with van der Waals surface area (Å²) >= 11 is 1.16. The molecule has 0 spiro atoms. The maximum atomic E-state index is 12.4. The third-order valence-electron chi connectivity index (χ3n) is 4.31. The van der Waals surface area contributed by atoms with Crippen molar-refractivity contribution in [1.29, 1.82) is 0 Å². The van der Waals surface area contributed by atoms with Gasteiger partial charge in [-0.1, -0.05) is 11.8 Å². The Morgan fingerprint density at radius 3 is 2.87 bits per heavy atom. The molecule has 1 aliphatic rings. The van der Waals surface area contributed by atoms with E-state index in [1.54, 1.807) is 19.1 Å². The Balaban J connectivity index is 1.74. The quantitative estimate of drug-likeness (QED) is 0.621. The van der Waals surface area contributed by atoms with Crippen molar-refractivity contribution in [2.75, 3.05) is 18.8 Å². The molecule has 0 fully saturated rings. The Kier molecular flexibility index (Phi) is 7.28. The highest BCUT2D eigenvalue weighted by Gasteiger charge is 2.36. The fraction of sp³-hybridized carbons (Fsp3) is 0.389. The summed E-state index contributed by atoms with van der Waals surface area (Å²) in [5.74, 6) is -0.596. The number of carbonyl (C=O) groups excluding carboxylic acids is 1. The molecule has 166 valence electrons. The number of ether oxygens (including phenoxy) is 2. The predicted molar refractivity (Wildman–Crippen MR) is 108 cm³/mol. The molecule has 1 aliphatic heterocycles. The summed E-state index contributed by atoms with van der Waals surface area (Å²) in [5.41, 5.74) is 5.91. The molecule has 0 saturated heterocycles. The van der Waals surface area contributed by atoms with Gasteiger partial charge in [-0.05, 0) is 25.5 Å². The molecule has 13 heteroatoms. The molecule has 0 aromatic carbocycles. The number of thioether (sulfide) groups is 1. The normalized spacial score (nSPS) is 20.9. The van der Waals surface area contributed by atoms with E-state index >= 15 is 0 Å². The zero-order chi connectivity index (χ0) is 22.4. The van der Waals surface area contributed by atoms with Crippen LogP contribution < -0.4 is 15.8 Å². The lowest BCUT2D eigenvalue weighted by Crippen LogP contribution is -2.36. The molecule has 2 aromatic heterocycles. The van der Waals surface area contributed by atoms with Crippen LogP contribution in [-0.2, 0) is 10.3 Å². The molecule has 2 aromatic rings. The Hall–Kier alpha value is -2.93. The van der Waals surface area contributed by atoms with Gasteiger partial charge in [0.1, 0.15) is 11.2 Å². The first-order valence-corrected chi connectivity index (χ1v) is 9.87. The monoisotopic (exact) mass is 456 g/mol. The highest BCUT2D eigenvalue weighted by molar-refractivity contribution is 8.14. The molecule has 3 N–H and O–H groups in total. The van der Waals surface area contributed by atoms with Gasteiger partial charge in [0.05, 0.1) is 24.7 Å². The van der Waals surface area contributed by atoms with Crippen molar-refractivity contribution in [2.45, 2.75) is 30.7 Å². The van der Waals surface area contributed by atoms with E-state index in [1.165, 1.54) is 6.20 Å². The van der Waals surface area contributed by atoms with E-state index in [4.69, 9.17) is 5.73 Å². The predicted octanol–water partition coefficient (Wildman–Crippen LogP) is 2.70. The number of anilines is 1. The minimum atomic E-state index is -2.87. The lowest BCUT2D eigenvalue weighted by atomic mass is 9.91. The molecule has 0 unspecified atom stereocenters. The van der Waals surface area contributed by atoms with Gasteiger partial charge in [0.15, 0.2) is 5.17 Å². The SMILES string of the molecule is C[C@@]1(c2cc(NC(=O)c3cnc(OCF)cn3)ccn2)C[C@@H](COC(F)F)SC(N)=N1. The van der Waals surface area contributed by atoms with Crippen molar-refractivity contribution in [2.24, 2.45) is 10.7 Å². The number of nitrogens with two attached hydrogens (primary N) is 1. The van der Waals surface area contributed by atoms with Gasteiger partial charge in [-0.25, -0.2) is 19.4 Å². The molecule has 0 saturated carbocycles. The van der Waals surface area contributed by atoms with Crippen LogP contribution in [0.5, 0.6) is 5.88 Å². The standard InChI is InChI=1S/C18H19F3N6O3S/c1-18(5-11(8-29-16(20)21)31-17(22)27-18)13-4-10(2-3-23-13)26-15(28)12-6-25-14(7-24-12)30-9-19/h2-4,6-7,11,16H,5,8-9H2,1H3,(H2,22,27)(H,23,26,28)/t11-,18-/m0/s1. The molecule has 0 bridgehead atoms. The van der Waals surface area contributed by atoms with E-state index in [1.807, 2.05) is 0 Å². The first-order valence-electron chi connectivity index (χ1n) is 8.99. The van der Waals surface area contributed by atoms with Crippen LogP contribution in [0.1, 0.15) is 29.5 Å². The van der Waals surface area contributed by atoms with Crippen LogP contribution in [0.15, 0.2) is 35.7 Å². The first kappa shape index (κ1) is 22.7. The third kappa shape index (κ3) is 6.04. The van der Waals surface area contributed by atoms with Crippen LogP contribution in [0, 0.1) is 0 Å². The molecule has 1 amide bonds. The lowest BCUT2D eigenvalue weighted by Gasteiger charge is -2.33. The van der Waals surface area contributed by atoms with Crippen molar-refractivity contribution >= 4 is 28.5 Å².